The number of methoxy groups -OCH3 is 1. The third-order valence-electron chi connectivity index (χ3n) is 11.0. The first-order valence-corrected chi connectivity index (χ1v) is 21.5. The zero-order chi connectivity index (χ0) is 39.8. The van der Waals surface area contributed by atoms with Gasteiger partial charge in [0.2, 0.25) is 0 Å². The fourth-order valence-electron chi connectivity index (χ4n) is 8.32. The van der Waals surface area contributed by atoms with E-state index in [0.717, 1.165) is 11.1 Å². The molecule has 5 atom stereocenters. The number of benzene rings is 4. The standard InChI is InChI=1S/C41H44N6O8Si/c1-26-38(56(3,4)53)37(20-21-45-24-35(43-44-45)33(25-48)28-8-6-5-7-9-28)55-41(26)34-22-31(47(51)52)16-19-36(34)46(40(41)50)23-27-10-14-30(15-11-27)42-39(49)29-12-17-32(54-2)18-13-29/h5-19,22,24,26,33,37-38,48,53H,20-21,23,25H2,1-4H3,(H,42,49)/t26-,33?,37+,38-,41+/m0/s1. The van der Waals surface area contributed by atoms with Crippen molar-refractivity contribution >= 4 is 37.2 Å². The van der Waals surface area contributed by atoms with Gasteiger partial charge in [-0.3, -0.25) is 24.4 Å². The van der Waals surface area contributed by atoms with Crippen LogP contribution in [0.1, 0.15) is 52.0 Å². The number of hydrogen-bond donors (Lipinski definition) is 3. The first-order chi connectivity index (χ1) is 26.8. The summed E-state index contributed by atoms with van der Waals surface area (Å²) in [4.78, 5) is 52.6. The number of amides is 2. The highest BCUT2D eigenvalue weighted by atomic mass is 28.4. The second-order valence-electron chi connectivity index (χ2n) is 14.9. The van der Waals surface area contributed by atoms with Gasteiger partial charge in [0.1, 0.15) is 5.75 Å². The number of carbonyl (C=O) groups excluding carboxylic acids is 2. The maximum atomic E-state index is 14.9. The average molecular weight is 777 g/mol. The molecule has 5 aromatic rings. The van der Waals surface area contributed by atoms with Crippen LogP contribution in [-0.4, -0.2) is 69.8 Å². The molecular weight excluding hydrogens is 733 g/mol. The number of nitrogens with zero attached hydrogens (tertiary/aromatic N) is 5. The molecule has 1 saturated heterocycles. The molecule has 2 aliphatic rings. The van der Waals surface area contributed by atoms with Crippen molar-refractivity contribution in [2.45, 2.75) is 62.7 Å². The Bertz CT molecular complexity index is 2230. The maximum Gasteiger partial charge on any atom is 0.269 e. The van der Waals surface area contributed by atoms with Crippen molar-refractivity contribution in [2.75, 3.05) is 23.9 Å². The van der Waals surface area contributed by atoms with Gasteiger partial charge in [-0.1, -0.05) is 54.6 Å². The molecule has 7 rings (SSSR count). The summed E-state index contributed by atoms with van der Waals surface area (Å²) < 4.78 is 13.7. The fraction of sp³-hybridized carbons (Fsp3) is 0.317. The molecule has 4 aromatic carbocycles. The van der Waals surface area contributed by atoms with E-state index in [-0.39, 0.29) is 36.6 Å². The van der Waals surface area contributed by atoms with Crippen molar-refractivity contribution in [1.82, 2.24) is 15.0 Å². The molecule has 1 fully saturated rings. The number of aryl methyl sites for hydroxylation is 1. The number of rotatable bonds is 13. The van der Waals surface area contributed by atoms with E-state index in [1.54, 1.807) is 65.4 Å². The summed E-state index contributed by atoms with van der Waals surface area (Å²) >= 11 is 0. The molecule has 0 saturated carbocycles. The highest BCUT2D eigenvalue weighted by Crippen LogP contribution is 2.60. The second-order valence-corrected chi connectivity index (χ2v) is 18.9. The van der Waals surface area contributed by atoms with Crippen LogP contribution in [0.3, 0.4) is 0 Å². The molecule has 15 heteroatoms. The summed E-state index contributed by atoms with van der Waals surface area (Å²) in [5.41, 5.74) is 2.05. The van der Waals surface area contributed by atoms with Crippen LogP contribution < -0.4 is 15.0 Å². The molecule has 3 heterocycles. The number of ether oxygens (including phenoxy) is 2. The second kappa shape index (κ2) is 15.4. The van der Waals surface area contributed by atoms with Crippen molar-refractivity contribution in [2.24, 2.45) is 5.92 Å². The SMILES string of the molecule is COc1ccc(C(=O)Nc2ccc(CN3C(=O)[C@]4(O[C@H](CCn5cc(C(CO)c6ccccc6)nn5)[C@@H]([Si](C)(C)O)[C@@H]4C)c4cc([N+](=O)[O-])ccc43)cc2)cc1. The van der Waals surface area contributed by atoms with E-state index in [0.29, 0.717) is 46.9 Å². The van der Waals surface area contributed by atoms with Crippen LogP contribution in [-0.2, 0) is 28.2 Å². The minimum absolute atomic E-state index is 0.138. The molecule has 1 spiro atoms. The van der Waals surface area contributed by atoms with Crippen molar-refractivity contribution in [3.63, 3.8) is 0 Å². The normalized spacial score (nSPS) is 20.9. The van der Waals surface area contributed by atoms with Crippen molar-refractivity contribution in [3.8, 4) is 5.75 Å². The van der Waals surface area contributed by atoms with Crippen LogP contribution in [0.5, 0.6) is 5.75 Å². The Morgan fingerprint density at radius 1 is 1.07 bits per heavy atom. The summed E-state index contributed by atoms with van der Waals surface area (Å²) in [5, 5.41) is 33.8. The molecule has 2 aliphatic heterocycles. The average Bonchev–Trinajstić information content (AvgIpc) is 3.85. The molecule has 14 nitrogen and oxygen atoms in total. The summed E-state index contributed by atoms with van der Waals surface area (Å²) in [5.74, 6) is -0.888. The number of carbonyl (C=O) groups is 2. The van der Waals surface area contributed by atoms with E-state index in [1.165, 1.54) is 12.1 Å². The number of fused-ring (bicyclic) bond motifs is 2. The predicted molar refractivity (Wildman–Crippen MR) is 211 cm³/mol. The number of nitro groups is 1. The van der Waals surface area contributed by atoms with Gasteiger partial charge >= 0.3 is 0 Å². The minimum Gasteiger partial charge on any atom is -0.497 e. The van der Waals surface area contributed by atoms with Gasteiger partial charge in [-0.2, -0.15) is 0 Å². The topological polar surface area (TPSA) is 182 Å². The lowest BCUT2D eigenvalue weighted by Crippen LogP contribution is -2.46. The van der Waals surface area contributed by atoms with Gasteiger partial charge in [-0.25, -0.2) is 0 Å². The molecule has 56 heavy (non-hydrogen) atoms. The highest BCUT2D eigenvalue weighted by Gasteiger charge is 2.66. The van der Waals surface area contributed by atoms with E-state index in [1.807, 2.05) is 62.5 Å². The lowest BCUT2D eigenvalue weighted by molar-refractivity contribution is -0.385. The van der Waals surface area contributed by atoms with Gasteiger partial charge in [-0.15, -0.1) is 5.10 Å². The molecule has 0 radical (unpaired) electrons. The van der Waals surface area contributed by atoms with E-state index in [9.17, 15) is 29.6 Å². The van der Waals surface area contributed by atoms with Crippen molar-refractivity contribution in [1.29, 1.82) is 0 Å². The Morgan fingerprint density at radius 3 is 2.43 bits per heavy atom. The van der Waals surface area contributed by atoms with Gasteiger partial charge in [-0.05, 0) is 73.1 Å². The molecule has 2 amide bonds. The maximum absolute atomic E-state index is 14.9. The first-order valence-electron chi connectivity index (χ1n) is 18.4. The van der Waals surface area contributed by atoms with Crippen LogP contribution in [0.4, 0.5) is 17.1 Å². The Kier molecular flexibility index (Phi) is 10.6. The molecule has 1 aromatic heterocycles. The number of nitrogens with one attached hydrogen (secondary N) is 1. The first kappa shape index (κ1) is 38.5. The molecule has 0 bridgehead atoms. The van der Waals surface area contributed by atoms with Gasteiger partial charge in [0.15, 0.2) is 13.9 Å². The lowest BCUT2D eigenvalue weighted by Gasteiger charge is -2.32. The Labute approximate surface area is 325 Å². The summed E-state index contributed by atoms with van der Waals surface area (Å²) in [6, 6.07) is 27.8. The number of non-ortho nitro benzene ring substituents is 1. The van der Waals surface area contributed by atoms with Crippen LogP contribution in [0.15, 0.2) is 103 Å². The number of nitro benzene ring substituents is 1. The Morgan fingerprint density at radius 2 is 1.79 bits per heavy atom. The Balaban J connectivity index is 1.14. The van der Waals surface area contributed by atoms with Crippen molar-refractivity contribution in [3.05, 3.63) is 141 Å². The van der Waals surface area contributed by atoms with Crippen LogP contribution in [0.2, 0.25) is 18.6 Å². The van der Waals surface area contributed by atoms with Crippen LogP contribution in [0, 0.1) is 16.0 Å². The number of aliphatic hydroxyl groups excluding tert-OH is 1. The monoisotopic (exact) mass is 776 g/mol. The minimum atomic E-state index is -3.03. The fourth-order valence-corrected chi connectivity index (χ4v) is 10.9. The Hall–Kier alpha value is -5.74. The number of aliphatic hydroxyl groups is 1. The predicted octanol–water partition coefficient (Wildman–Crippen LogP) is 6.01. The number of anilines is 2. The molecule has 1 unspecified atom stereocenters. The summed E-state index contributed by atoms with van der Waals surface area (Å²) in [7, 11) is -1.47. The van der Waals surface area contributed by atoms with Crippen LogP contribution in [0.25, 0.3) is 0 Å². The third kappa shape index (κ3) is 7.21. The smallest absolute Gasteiger partial charge is 0.269 e. The molecule has 290 valence electrons. The zero-order valence-corrected chi connectivity index (χ0v) is 32.5. The number of hydrogen-bond acceptors (Lipinski definition) is 10. The van der Waals surface area contributed by atoms with Gasteiger partial charge < -0.3 is 29.6 Å². The van der Waals surface area contributed by atoms with E-state index >= 15 is 0 Å². The lowest BCUT2D eigenvalue weighted by atomic mass is 9.82. The van der Waals surface area contributed by atoms with E-state index in [4.69, 9.17) is 9.47 Å². The summed E-state index contributed by atoms with van der Waals surface area (Å²) in [6.45, 7) is 5.89. The van der Waals surface area contributed by atoms with E-state index in [2.05, 4.69) is 15.6 Å². The van der Waals surface area contributed by atoms with E-state index < -0.39 is 36.4 Å². The van der Waals surface area contributed by atoms with Gasteiger partial charge in [0.05, 0.1) is 48.6 Å². The number of aromatic nitrogens is 3. The largest absolute Gasteiger partial charge is 0.497 e. The van der Waals surface area contributed by atoms with Gasteiger partial charge in [0.25, 0.3) is 17.5 Å². The molecule has 3 N–H and O–H groups in total. The zero-order valence-electron chi connectivity index (χ0n) is 31.5. The summed E-state index contributed by atoms with van der Waals surface area (Å²) in [6.07, 6.45) is 1.58. The van der Waals surface area contributed by atoms with Gasteiger partial charge in [0, 0.05) is 53.1 Å². The molecular formula is C41H44N6O8Si. The molecule has 0 aliphatic carbocycles. The quantitative estimate of drug-likeness (QED) is 0.0728. The third-order valence-corrected chi connectivity index (χ3v) is 13.5. The van der Waals surface area contributed by atoms with Crippen LogP contribution >= 0.6 is 0 Å². The van der Waals surface area contributed by atoms with Crippen molar-refractivity contribution < 1.29 is 33.9 Å². The highest BCUT2D eigenvalue weighted by molar-refractivity contribution is 6.71.